The van der Waals surface area contributed by atoms with Gasteiger partial charge in [0.15, 0.2) is 0 Å². The fourth-order valence-corrected chi connectivity index (χ4v) is 2.37. The van der Waals surface area contributed by atoms with E-state index in [1.807, 2.05) is 11.6 Å². The molecule has 1 heterocycles. The zero-order chi connectivity index (χ0) is 10.7. The van der Waals surface area contributed by atoms with Gasteiger partial charge in [-0.1, -0.05) is 12.8 Å². The fourth-order valence-electron chi connectivity index (χ4n) is 2.37. The van der Waals surface area contributed by atoms with Gasteiger partial charge in [-0.15, -0.1) is 0 Å². The molecule has 2 rings (SSSR count). The zero-order valence-corrected chi connectivity index (χ0v) is 9.11. The Labute approximate surface area is 89.9 Å². The second-order valence-electron chi connectivity index (χ2n) is 4.27. The number of rotatable bonds is 3. The van der Waals surface area contributed by atoms with Crippen molar-refractivity contribution in [1.82, 2.24) is 14.8 Å². The van der Waals surface area contributed by atoms with Crippen molar-refractivity contribution < 1.29 is 0 Å². The molecule has 1 saturated carbocycles. The fraction of sp³-hybridized carbons (Fsp3) is 0.727. The van der Waals surface area contributed by atoms with Crippen LogP contribution in [-0.2, 0) is 13.0 Å². The summed E-state index contributed by atoms with van der Waals surface area (Å²) in [6, 6.07) is 2.49. The second kappa shape index (κ2) is 4.01. The number of aryl methyl sites for hydroxylation is 1. The van der Waals surface area contributed by atoms with Gasteiger partial charge in [-0.2, -0.15) is 10.4 Å². The van der Waals surface area contributed by atoms with Crippen LogP contribution >= 0.6 is 0 Å². The highest BCUT2D eigenvalue weighted by Crippen LogP contribution is 2.39. The van der Waals surface area contributed by atoms with Crippen molar-refractivity contribution in [2.75, 3.05) is 0 Å². The molecule has 1 aliphatic carbocycles. The lowest BCUT2D eigenvalue weighted by Gasteiger charge is -2.19. The molecule has 1 fully saturated rings. The van der Waals surface area contributed by atoms with E-state index >= 15 is 0 Å². The molecule has 0 aromatic carbocycles. The summed E-state index contributed by atoms with van der Waals surface area (Å²) in [5.41, 5.74) is -0.167. The Morgan fingerprint density at radius 3 is 2.87 bits per heavy atom. The average molecular weight is 204 g/mol. The largest absolute Gasteiger partial charge is 0.250 e. The molecule has 0 spiro atoms. The normalized spacial score (nSPS) is 18.9. The van der Waals surface area contributed by atoms with E-state index in [1.165, 1.54) is 12.8 Å². The first kappa shape index (κ1) is 10.2. The summed E-state index contributed by atoms with van der Waals surface area (Å²) >= 11 is 0. The lowest BCUT2D eigenvalue weighted by atomic mass is 9.84. The third-order valence-corrected chi connectivity index (χ3v) is 3.29. The van der Waals surface area contributed by atoms with E-state index in [1.54, 1.807) is 6.33 Å². The summed E-state index contributed by atoms with van der Waals surface area (Å²) in [6.45, 7) is 2.88. The monoisotopic (exact) mass is 204 g/mol. The molecule has 4 heteroatoms. The van der Waals surface area contributed by atoms with Crippen molar-refractivity contribution >= 4 is 0 Å². The van der Waals surface area contributed by atoms with Crippen LogP contribution < -0.4 is 0 Å². The summed E-state index contributed by atoms with van der Waals surface area (Å²) in [4.78, 5) is 4.24. The van der Waals surface area contributed by atoms with Crippen LogP contribution in [0.2, 0.25) is 0 Å². The molecule has 0 unspecified atom stereocenters. The number of nitrogens with zero attached hydrogens (tertiary/aromatic N) is 4. The summed E-state index contributed by atoms with van der Waals surface area (Å²) < 4.78 is 1.89. The minimum atomic E-state index is -0.167. The summed E-state index contributed by atoms with van der Waals surface area (Å²) in [6.07, 6.45) is 6.72. The van der Waals surface area contributed by atoms with Crippen molar-refractivity contribution in [2.24, 2.45) is 5.41 Å². The third-order valence-electron chi connectivity index (χ3n) is 3.29. The van der Waals surface area contributed by atoms with Crippen LogP contribution in [0.1, 0.15) is 38.4 Å². The molecule has 1 aliphatic rings. The molecule has 1 aromatic rings. The zero-order valence-electron chi connectivity index (χ0n) is 9.11. The van der Waals surface area contributed by atoms with Crippen molar-refractivity contribution in [3.8, 4) is 6.07 Å². The van der Waals surface area contributed by atoms with Gasteiger partial charge in [-0.05, 0) is 19.8 Å². The van der Waals surface area contributed by atoms with E-state index in [0.29, 0.717) is 0 Å². The van der Waals surface area contributed by atoms with Gasteiger partial charge in [-0.25, -0.2) is 4.98 Å². The SMILES string of the molecule is CCn1ncnc1CC1(C#N)CCCC1. The van der Waals surface area contributed by atoms with Crippen molar-refractivity contribution in [3.63, 3.8) is 0 Å². The Balaban J connectivity index is 2.17. The Bertz CT molecular complexity index is 368. The second-order valence-corrected chi connectivity index (χ2v) is 4.27. The Hall–Kier alpha value is -1.37. The number of aromatic nitrogens is 3. The molecule has 0 aliphatic heterocycles. The van der Waals surface area contributed by atoms with E-state index in [9.17, 15) is 5.26 Å². The van der Waals surface area contributed by atoms with Crippen molar-refractivity contribution in [3.05, 3.63) is 12.2 Å². The predicted molar refractivity (Wildman–Crippen MR) is 55.9 cm³/mol. The highest BCUT2D eigenvalue weighted by atomic mass is 15.3. The van der Waals surface area contributed by atoms with Crippen molar-refractivity contribution in [2.45, 2.75) is 45.6 Å². The number of hydrogen-bond acceptors (Lipinski definition) is 3. The Morgan fingerprint density at radius 1 is 1.53 bits per heavy atom. The van der Waals surface area contributed by atoms with Crippen molar-refractivity contribution in [1.29, 1.82) is 5.26 Å². The molecule has 0 atom stereocenters. The molecule has 0 saturated heterocycles. The Morgan fingerprint density at radius 2 is 2.27 bits per heavy atom. The molecule has 80 valence electrons. The molecule has 0 radical (unpaired) electrons. The van der Waals surface area contributed by atoms with Gasteiger partial charge in [0, 0.05) is 13.0 Å². The van der Waals surface area contributed by atoms with Gasteiger partial charge in [0.1, 0.15) is 12.2 Å². The molecule has 4 nitrogen and oxygen atoms in total. The standard InChI is InChI=1S/C11H16N4/c1-2-15-10(13-9-14-15)7-11(8-12)5-3-4-6-11/h9H,2-7H2,1H3. The van der Waals surface area contributed by atoms with Crippen LogP contribution in [0.5, 0.6) is 0 Å². The topological polar surface area (TPSA) is 54.5 Å². The Kier molecular flexibility index (Phi) is 2.72. The minimum Gasteiger partial charge on any atom is -0.250 e. The first-order valence-corrected chi connectivity index (χ1v) is 5.57. The van der Waals surface area contributed by atoms with Gasteiger partial charge in [0.25, 0.3) is 0 Å². The van der Waals surface area contributed by atoms with Crippen LogP contribution in [0, 0.1) is 16.7 Å². The first-order chi connectivity index (χ1) is 7.29. The van der Waals surface area contributed by atoms with E-state index in [2.05, 4.69) is 16.2 Å². The van der Waals surface area contributed by atoms with E-state index < -0.39 is 0 Å². The maximum absolute atomic E-state index is 9.27. The molecule has 0 bridgehead atoms. The quantitative estimate of drug-likeness (QED) is 0.755. The maximum atomic E-state index is 9.27. The van der Waals surface area contributed by atoms with E-state index in [0.717, 1.165) is 31.6 Å². The molecular weight excluding hydrogens is 188 g/mol. The van der Waals surface area contributed by atoms with Gasteiger partial charge >= 0.3 is 0 Å². The van der Waals surface area contributed by atoms with Gasteiger partial charge in [-0.3, -0.25) is 4.68 Å². The smallest absolute Gasteiger partial charge is 0.138 e. The van der Waals surface area contributed by atoms with E-state index in [4.69, 9.17) is 0 Å². The van der Waals surface area contributed by atoms with E-state index in [-0.39, 0.29) is 5.41 Å². The van der Waals surface area contributed by atoms with Crippen LogP contribution in [0.25, 0.3) is 0 Å². The van der Waals surface area contributed by atoms with Crippen LogP contribution in [-0.4, -0.2) is 14.8 Å². The predicted octanol–water partition coefficient (Wildman–Crippen LogP) is 1.92. The molecule has 0 N–H and O–H groups in total. The maximum Gasteiger partial charge on any atom is 0.138 e. The highest BCUT2D eigenvalue weighted by molar-refractivity contribution is 5.07. The summed E-state index contributed by atoms with van der Waals surface area (Å²) in [7, 11) is 0. The van der Waals surface area contributed by atoms with Gasteiger partial charge in [0.05, 0.1) is 11.5 Å². The van der Waals surface area contributed by atoms with Crippen LogP contribution in [0.15, 0.2) is 6.33 Å². The third kappa shape index (κ3) is 1.87. The lowest BCUT2D eigenvalue weighted by Crippen LogP contribution is -2.20. The minimum absolute atomic E-state index is 0.167. The van der Waals surface area contributed by atoms with Crippen LogP contribution in [0.4, 0.5) is 0 Å². The molecule has 15 heavy (non-hydrogen) atoms. The molecule has 0 amide bonds. The average Bonchev–Trinajstić information content (AvgIpc) is 2.88. The first-order valence-electron chi connectivity index (χ1n) is 5.57. The number of hydrogen-bond donors (Lipinski definition) is 0. The summed E-state index contributed by atoms with van der Waals surface area (Å²) in [5.74, 6) is 0.959. The lowest BCUT2D eigenvalue weighted by molar-refractivity contribution is 0.386. The van der Waals surface area contributed by atoms with Crippen LogP contribution in [0.3, 0.4) is 0 Å². The summed E-state index contributed by atoms with van der Waals surface area (Å²) in [5, 5.41) is 13.4. The highest BCUT2D eigenvalue weighted by Gasteiger charge is 2.35. The molecular formula is C11H16N4. The molecule has 1 aromatic heterocycles. The number of nitriles is 1. The van der Waals surface area contributed by atoms with Gasteiger partial charge in [0.2, 0.25) is 0 Å². The van der Waals surface area contributed by atoms with Gasteiger partial charge < -0.3 is 0 Å².